The number of nitrogens with zero attached hydrogens (tertiary/aromatic N) is 2. The molecule has 2 unspecified atom stereocenters. The first kappa shape index (κ1) is 20.2. The van der Waals surface area contributed by atoms with E-state index in [4.69, 9.17) is 0 Å². The third kappa shape index (κ3) is 4.16. The predicted octanol–water partition coefficient (Wildman–Crippen LogP) is 4.73. The fourth-order valence-corrected chi connectivity index (χ4v) is 4.10. The molecular weight excluding hydrogens is 472 g/mol. The molecule has 2 aromatic rings. The fraction of sp³-hybridized carbons (Fsp3) is 0.235. The van der Waals surface area contributed by atoms with Gasteiger partial charge in [-0.1, -0.05) is 68.3 Å². The minimum atomic E-state index is -0.807. The summed E-state index contributed by atoms with van der Waals surface area (Å²) in [6.07, 6.45) is 0. The van der Waals surface area contributed by atoms with Gasteiger partial charge in [0.2, 0.25) is 0 Å². The molecule has 9 heteroatoms. The number of carbonyl (C=O) groups excluding carboxylic acids is 1. The number of carbonyl (C=O) groups is 1. The van der Waals surface area contributed by atoms with Gasteiger partial charge in [0, 0.05) is 33.9 Å². The first-order valence-electron chi connectivity index (χ1n) is 7.54. The van der Waals surface area contributed by atoms with Crippen LogP contribution in [0.2, 0.25) is 0 Å². The number of benzene rings is 2. The zero-order chi connectivity index (χ0) is 19.3. The van der Waals surface area contributed by atoms with E-state index in [1.54, 1.807) is 12.1 Å². The lowest BCUT2D eigenvalue weighted by Gasteiger charge is -2.20. The van der Waals surface area contributed by atoms with Crippen molar-refractivity contribution in [1.82, 2.24) is 0 Å². The molecule has 0 aliphatic rings. The lowest BCUT2D eigenvalue weighted by atomic mass is 9.84. The van der Waals surface area contributed by atoms with Crippen LogP contribution in [0.5, 0.6) is 0 Å². The largest absolute Gasteiger partial charge is 0.298 e. The van der Waals surface area contributed by atoms with E-state index in [2.05, 4.69) is 31.9 Å². The normalized spacial score (nSPS) is 13.0. The summed E-state index contributed by atoms with van der Waals surface area (Å²) in [6.45, 7) is 0. The average molecular weight is 486 g/mol. The quantitative estimate of drug-likeness (QED) is 0.305. The number of hydrogen-bond acceptors (Lipinski definition) is 5. The fourth-order valence-electron chi connectivity index (χ4n) is 2.76. The summed E-state index contributed by atoms with van der Waals surface area (Å²) in [5, 5.41) is 22.9. The third-order valence-electron chi connectivity index (χ3n) is 4.01. The summed E-state index contributed by atoms with van der Waals surface area (Å²) in [5.74, 6) is -1.94. The van der Waals surface area contributed by atoms with Crippen molar-refractivity contribution in [3.8, 4) is 0 Å². The van der Waals surface area contributed by atoms with Crippen LogP contribution in [0.3, 0.4) is 0 Å². The van der Waals surface area contributed by atoms with Crippen molar-refractivity contribution >= 4 is 49.0 Å². The highest BCUT2D eigenvalue weighted by Gasteiger charge is 2.34. The molecule has 0 amide bonds. The lowest BCUT2D eigenvalue weighted by Crippen LogP contribution is -2.24. The van der Waals surface area contributed by atoms with Gasteiger partial charge in [-0.25, -0.2) is 0 Å². The third-order valence-corrected chi connectivity index (χ3v) is 5.31. The van der Waals surface area contributed by atoms with Crippen molar-refractivity contribution in [3.05, 3.63) is 79.9 Å². The summed E-state index contributed by atoms with van der Waals surface area (Å²) < 4.78 is 0. The summed E-state index contributed by atoms with van der Waals surface area (Å²) in [5.41, 5.74) is 0.259. The molecule has 7 nitrogen and oxygen atoms in total. The van der Waals surface area contributed by atoms with Crippen LogP contribution >= 0.6 is 31.9 Å². The molecule has 0 aliphatic carbocycles. The molecule has 0 aromatic heterocycles. The number of Topliss-reactive ketones (excluding diaryl/α,β-unsaturated/α-hetero) is 1. The Hall–Kier alpha value is -2.13. The molecule has 0 fully saturated rings. The Bertz CT molecular complexity index is 776. The van der Waals surface area contributed by atoms with E-state index in [0.29, 0.717) is 0 Å². The molecule has 0 bridgehead atoms. The number of para-hydroxylation sites is 2. The van der Waals surface area contributed by atoms with Gasteiger partial charge in [0.25, 0.3) is 11.4 Å². The minimum absolute atomic E-state index is 0.152. The van der Waals surface area contributed by atoms with Gasteiger partial charge >= 0.3 is 0 Å². The number of halogens is 2. The zero-order valence-corrected chi connectivity index (χ0v) is 16.6. The molecule has 26 heavy (non-hydrogen) atoms. The Morgan fingerprint density at radius 3 is 1.46 bits per heavy atom. The van der Waals surface area contributed by atoms with Crippen molar-refractivity contribution in [1.29, 1.82) is 0 Å². The van der Waals surface area contributed by atoms with E-state index in [1.165, 1.54) is 36.4 Å². The van der Waals surface area contributed by atoms with E-state index in [1.807, 2.05) is 0 Å². The SMILES string of the molecule is O=C(C(CBr)c1ccccc1[N+](=O)[O-])C(CBr)c1ccccc1[N+](=O)[O-]. The number of hydrogen-bond donors (Lipinski definition) is 0. The Morgan fingerprint density at radius 2 is 1.15 bits per heavy atom. The van der Waals surface area contributed by atoms with E-state index in [0.717, 1.165) is 0 Å². The van der Waals surface area contributed by atoms with Crippen LogP contribution < -0.4 is 0 Å². The van der Waals surface area contributed by atoms with E-state index >= 15 is 0 Å². The van der Waals surface area contributed by atoms with Crippen LogP contribution in [0, 0.1) is 20.2 Å². The van der Waals surface area contributed by atoms with Crippen molar-refractivity contribution in [2.45, 2.75) is 11.8 Å². The minimum Gasteiger partial charge on any atom is -0.298 e. The molecule has 2 aromatic carbocycles. The molecule has 0 heterocycles. The summed E-state index contributed by atoms with van der Waals surface area (Å²) in [6, 6.07) is 12.1. The molecule has 0 saturated carbocycles. The van der Waals surface area contributed by atoms with E-state index in [-0.39, 0.29) is 38.9 Å². The van der Waals surface area contributed by atoms with E-state index < -0.39 is 21.7 Å². The van der Waals surface area contributed by atoms with Crippen LogP contribution in [0.25, 0.3) is 0 Å². The number of alkyl halides is 2. The van der Waals surface area contributed by atoms with Crippen LogP contribution in [-0.4, -0.2) is 26.3 Å². The summed E-state index contributed by atoms with van der Waals surface area (Å²) >= 11 is 6.52. The topological polar surface area (TPSA) is 103 Å². The van der Waals surface area contributed by atoms with E-state index in [9.17, 15) is 25.0 Å². The number of nitro benzene ring substituents is 2. The van der Waals surface area contributed by atoms with Crippen molar-refractivity contribution in [2.24, 2.45) is 0 Å². The molecule has 0 spiro atoms. The molecule has 0 saturated heterocycles. The predicted molar refractivity (Wildman–Crippen MR) is 104 cm³/mol. The van der Waals surface area contributed by atoms with Crippen molar-refractivity contribution in [2.75, 3.05) is 10.7 Å². The van der Waals surface area contributed by atoms with Gasteiger partial charge in [0.05, 0.1) is 21.7 Å². The maximum Gasteiger partial charge on any atom is 0.273 e. The Balaban J connectivity index is 2.51. The molecular formula is C17H14Br2N2O5. The molecule has 136 valence electrons. The monoisotopic (exact) mass is 484 g/mol. The highest BCUT2D eigenvalue weighted by molar-refractivity contribution is 9.09. The lowest BCUT2D eigenvalue weighted by molar-refractivity contribution is -0.385. The van der Waals surface area contributed by atoms with Gasteiger partial charge in [-0.3, -0.25) is 25.0 Å². The first-order valence-corrected chi connectivity index (χ1v) is 9.78. The van der Waals surface area contributed by atoms with Gasteiger partial charge in [-0.15, -0.1) is 0 Å². The second-order valence-electron chi connectivity index (χ2n) is 5.45. The number of rotatable bonds is 8. The highest BCUT2D eigenvalue weighted by atomic mass is 79.9. The summed E-state index contributed by atoms with van der Waals surface area (Å²) in [4.78, 5) is 34.7. The van der Waals surface area contributed by atoms with Gasteiger partial charge < -0.3 is 0 Å². The number of ketones is 1. The molecule has 0 radical (unpaired) electrons. The standard InChI is InChI=1S/C17H14Br2N2O5/c18-9-13(11-5-1-3-7-15(11)20(23)24)17(22)14(10-19)12-6-2-4-8-16(12)21(25)26/h1-8,13-14H,9-10H2. The number of nitro groups is 2. The van der Waals surface area contributed by atoms with Gasteiger partial charge in [0.15, 0.2) is 0 Å². The van der Waals surface area contributed by atoms with Crippen molar-refractivity contribution < 1.29 is 14.6 Å². The Kier molecular flexibility index (Phi) is 6.98. The second kappa shape index (κ2) is 9.00. The van der Waals surface area contributed by atoms with Crippen LogP contribution in [-0.2, 0) is 4.79 Å². The van der Waals surface area contributed by atoms with Gasteiger partial charge in [-0.05, 0) is 0 Å². The molecule has 2 atom stereocenters. The van der Waals surface area contributed by atoms with Gasteiger partial charge in [0.1, 0.15) is 5.78 Å². The maximum absolute atomic E-state index is 13.2. The molecule has 2 rings (SSSR count). The average Bonchev–Trinajstić information content (AvgIpc) is 2.63. The van der Waals surface area contributed by atoms with Crippen LogP contribution in [0.1, 0.15) is 23.0 Å². The second-order valence-corrected chi connectivity index (χ2v) is 6.74. The Morgan fingerprint density at radius 1 is 0.808 bits per heavy atom. The smallest absolute Gasteiger partial charge is 0.273 e. The first-order chi connectivity index (χ1) is 12.4. The van der Waals surface area contributed by atoms with Crippen LogP contribution in [0.4, 0.5) is 11.4 Å². The zero-order valence-electron chi connectivity index (χ0n) is 13.4. The highest BCUT2D eigenvalue weighted by Crippen LogP contribution is 2.36. The van der Waals surface area contributed by atoms with Gasteiger partial charge in [-0.2, -0.15) is 0 Å². The van der Waals surface area contributed by atoms with Crippen molar-refractivity contribution in [3.63, 3.8) is 0 Å². The van der Waals surface area contributed by atoms with Crippen LogP contribution in [0.15, 0.2) is 48.5 Å². The maximum atomic E-state index is 13.2. The summed E-state index contributed by atoms with van der Waals surface area (Å²) in [7, 11) is 0. The molecule has 0 N–H and O–H groups in total. The Labute approximate surface area is 166 Å². The molecule has 0 aliphatic heterocycles.